The molecule has 60 heavy (non-hydrogen) atoms. The van der Waals surface area contributed by atoms with E-state index in [-0.39, 0.29) is 50.1 Å². The third-order valence-corrected chi connectivity index (χ3v) is 10.9. The van der Waals surface area contributed by atoms with Gasteiger partial charge >= 0.3 is 68.6 Å². The number of benzene rings is 2. The van der Waals surface area contributed by atoms with Crippen molar-refractivity contribution in [1.82, 2.24) is 30.4 Å². The number of ether oxygens (including phenoxy) is 2. The summed E-state index contributed by atoms with van der Waals surface area (Å²) in [7, 11) is 1.64. The van der Waals surface area contributed by atoms with Crippen LogP contribution in [0.3, 0.4) is 0 Å². The summed E-state index contributed by atoms with van der Waals surface area (Å²) in [5.74, 6) is -0.666. The number of nitrogens with two attached hydrogens (primary N) is 1. The third-order valence-electron chi connectivity index (χ3n) is 8.95. The number of amides is 3. The Morgan fingerprint density at radius 2 is 1.60 bits per heavy atom. The van der Waals surface area contributed by atoms with Gasteiger partial charge in [-0.25, -0.2) is 19.4 Å². The number of aromatic nitrogens is 2. The fourth-order valence-electron chi connectivity index (χ4n) is 5.84. The van der Waals surface area contributed by atoms with Gasteiger partial charge < -0.3 is 35.8 Å². The van der Waals surface area contributed by atoms with E-state index in [2.05, 4.69) is 101 Å². The minimum Gasteiger partial charge on any atom is -0.444 e. The van der Waals surface area contributed by atoms with Gasteiger partial charge in [-0.3, -0.25) is 9.88 Å². The number of hydrogen-bond acceptors (Lipinski definition) is 11. The van der Waals surface area contributed by atoms with Crippen LogP contribution in [-0.2, 0) is 40.3 Å². The zero-order valence-corrected chi connectivity index (χ0v) is 43.9. The molecule has 5 rings (SSSR count). The van der Waals surface area contributed by atoms with Crippen LogP contribution >= 0.6 is 83.9 Å². The number of carboxylic acids is 1. The smallest absolute Gasteiger partial charge is 0.407 e. The minimum atomic E-state index is -1.02. The first-order valence-electron chi connectivity index (χ1n) is 19.0. The summed E-state index contributed by atoms with van der Waals surface area (Å²) in [6.45, 7) is 8.28. The molecule has 0 saturated carbocycles. The van der Waals surface area contributed by atoms with Gasteiger partial charge in [0, 0.05) is 56.3 Å². The molecule has 3 heterocycles. The second kappa shape index (κ2) is 33.1. The zero-order valence-electron chi connectivity index (χ0n) is 33.5. The topological polar surface area (TPSA) is 172 Å². The molecule has 19 heteroatoms. The Balaban J connectivity index is 0.000000549. The van der Waals surface area contributed by atoms with Crippen molar-refractivity contribution < 1.29 is 42.2 Å². The van der Waals surface area contributed by atoms with Gasteiger partial charge in [-0.2, -0.15) is 0 Å². The van der Waals surface area contributed by atoms with Gasteiger partial charge in [0.1, 0.15) is 12.6 Å². The summed E-state index contributed by atoms with van der Waals surface area (Å²) in [4.78, 5) is 49.2. The molecular weight excluding hydrogens is 1260 g/mol. The number of thiazole rings is 2. The molecule has 1 aliphatic rings. The molecule has 4 aromatic rings. The number of carbonyl (C=O) groups is 3. The van der Waals surface area contributed by atoms with Gasteiger partial charge in [0.2, 0.25) is 0 Å². The van der Waals surface area contributed by atoms with Crippen molar-refractivity contribution in [3.63, 3.8) is 0 Å². The number of halogens is 4. The fourth-order valence-corrected chi connectivity index (χ4v) is 7.18. The molecule has 1 fully saturated rings. The Kier molecular flexibility index (Phi) is 31.2. The summed E-state index contributed by atoms with van der Waals surface area (Å²) in [6, 6.07) is 19.1. The molecule has 1 saturated heterocycles. The summed E-state index contributed by atoms with van der Waals surface area (Å²) in [5, 5.41) is 18.0. The average molecular weight is 1320 g/mol. The van der Waals surface area contributed by atoms with Crippen molar-refractivity contribution in [2.75, 3.05) is 39.9 Å². The number of nitrogens with one attached hydrogen (secondary N) is 2. The summed E-state index contributed by atoms with van der Waals surface area (Å²) < 4.78 is 10.6. The number of hydrogen-bond donors (Lipinski definition) is 4. The minimum absolute atomic E-state index is 0. The van der Waals surface area contributed by atoms with Gasteiger partial charge in [-0.1, -0.05) is 81.9 Å². The zero-order chi connectivity index (χ0) is 42.1. The summed E-state index contributed by atoms with van der Waals surface area (Å²) in [5.41, 5.74) is 11.3. The fraction of sp³-hybridized carbons (Fsp3) is 0.488. The SMILES string of the molecule is C.CC(C)c1nc(CN(C)C(=O)N[C@@H](CCN2CCOCC2)C(=O)O)cs1.I.I[I-]I.N[C@H](CC[C@H](Cc1ccccc1)NC(=O)OCc1cncs1)Cc1ccccc1. The molecular formula is C41H60I4N7O6S2-. The maximum Gasteiger partial charge on any atom is 0.407 e. The maximum absolute atomic E-state index is 12.3. The Hall–Kier alpha value is -1.49. The number of nitrogens with zero attached hydrogens (tertiary/aromatic N) is 4. The number of carboxylic acid groups (broad SMARTS) is 1. The van der Waals surface area contributed by atoms with E-state index in [0.717, 1.165) is 54.4 Å². The molecule has 0 unspecified atom stereocenters. The van der Waals surface area contributed by atoms with Crippen LogP contribution in [0, 0.1) is 0 Å². The van der Waals surface area contributed by atoms with Crippen molar-refractivity contribution >= 4 is 102 Å². The first-order chi connectivity index (χ1) is 28.0. The molecule has 336 valence electrons. The van der Waals surface area contributed by atoms with Crippen molar-refractivity contribution in [2.45, 2.75) is 90.6 Å². The van der Waals surface area contributed by atoms with Crippen molar-refractivity contribution in [3.8, 4) is 0 Å². The van der Waals surface area contributed by atoms with Crippen LogP contribution in [0.1, 0.15) is 73.2 Å². The maximum atomic E-state index is 12.3. The molecule has 0 radical (unpaired) electrons. The second-order valence-corrected chi connectivity index (χ2v) is 32.0. The van der Waals surface area contributed by atoms with Gasteiger partial charge in [0.05, 0.1) is 40.8 Å². The molecule has 0 aliphatic carbocycles. The number of morpholine rings is 1. The molecule has 0 bridgehead atoms. The van der Waals surface area contributed by atoms with Crippen LogP contribution in [0.25, 0.3) is 0 Å². The molecule has 2 aromatic carbocycles. The third kappa shape index (κ3) is 23.8. The first-order valence-corrected chi connectivity index (χ1v) is 33.3. The molecule has 1 aliphatic heterocycles. The van der Waals surface area contributed by atoms with Crippen LogP contribution in [0.4, 0.5) is 9.59 Å². The number of urea groups is 1. The van der Waals surface area contributed by atoms with Crippen LogP contribution in [0.2, 0.25) is 0 Å². The van der Waals surface area contributed by atoms with Crippen LogP contribution in [0.15, 0.2) is 77.8 Å². The predicted octanol–water partition coefficient (Wildman–Crippen LogP) is 5.94. The Morgan fingerprint density at radius 1 is 0.983 bits per heavy atom. The Morgan fingerprint density at radius 3 is 2.15 bits per heavy atom. The van der Waals surface area contributed by atoms with Gasteiger partial charge in [-0.15, -0.1) is 46.7 Å². The molecule has 2 aromatic heterocycles. The molecule has 5 N–H and O–H groups in total. The van der Waals surface area contributed by atoms with E-state index < -0.39 is 24.1 Å². The predicted molar refractivity (Wildman–Crippen MR) is 266 cm³/mol. The number of rotatable bonds is 18. The van der Waals surface area contributed by atoms with Gasteiger partial charge in [0.15, 0.2) is 0 Å². The molecule has 0 spiro atoms. The second-order valence-electron chi connectivity index (χ2n) is 13.9. The van der Waals surface area contributed by atoms with Crippen LogP contribution < -0.4 is 29.6 Å². The first kappa shape index (κ1) is 56.5. The van der Waals surface area contributed by atoms with Crippen molar-refractivity contribution in [3.05, 3.63) is 104 Å². The van der Waals surface area contributed by atoms with Crippen LogP contribution in [0.5, 0.6) is 0 Å². The normalized spacial score (nSPS) is 13.7. The van der Waals surface area contributed by atoms with Gasteiger partial charge in [0.25, 0.3) is 0 Å². The van der Waals surface area contributed by atoms with E-state index in [1.165, 1.54) is 27.4 Å². The largest absolute Gasteiger partial charge is 0.444 e. The monoisotopic (exact) mass is 1320 g/mol. The number of carbonyl (C=O) groups excluding carboxylic acids is 2. The van der Waals surface area contributed by atoms with E-state index in [0.29, 0.717) is 51.9 Å². The molecule has 13 nitrogen and oxygen atoms in total. The van der Waals surface area contributed by atoms with E-state index in [1.807, 2.05) is 41.8 Å². The quantitative estimate of drug-likeness (QED) is 0.0875. The Bertz CT molecular complexity index is 1730. The Labute approximate surface area is 410 Å². The standard InChI is InChI=1S/C23H27N3O2S.C17H28N4O4S.CH4.I3.HI/c24-20(13-18-7-3-1-4-8-18)11-12-21(14-19-9-5-2-6-10-19)26-23(27)28-16-22-15-25-17-29-22;1-12(2)15-18-13(11-26-15)10-20(3)17(24)19-14(16(22)23)4-5-21-6-8-25-9-7-21;;1-3-2;/h1-10,15,17,20-21H,11-14,16,24H2,(H,26,27);11-12,14H,4-10H2,1-3H3,(H,19,24)(H,22,23);1H4;;1H/q;;;-1;/t20-,21-;14-;;;/m10.../s1. The summed E-state index contributed by atoms with van der Waals surface area (Å²) in [6.07, 6.45) is 4.85. The van der Waals surface area contributed by atoms with Crippen molar-refractivity contribution in [1.29, 1.82) is 0 Å². The van der Waals surface area contributed by atoms with E-state index in [9.17, 15) is 19.5 Å². The van der Waals surface area contributed by atoms with E-state index >= 15 is 0 Å². The average Bonchev–Trinajstić information content (AvgIpc) is 3.92. The number of aliphatic carboxylic acids is 1. The number of alkyl carbamates (subject to hydrolysis) is 1. The molecule has 3 atom stereocenters. The van der Waals surface area contributed by atoms with E-state index in [1.54, 1.807) is 30.1 Å². The summed E-state index contributed by atoms with van der Waals surface area (Å²) >= 11 is 8.34. The van der Waals surface area contributed by atoms with E-state index in [4.69, 9.17) is 15.2 Å². The molecule has 3 amide bonds. The van der Waals surface area contributed by atoms with Gasteiger partial charge in [-0.05, 0) is 43.2 Å². The van der Waals surface area contributed by atoms with Crippen LogP contribution in [-0.4, -0.2) is 101 Å². The van der Waals surface area contributed by atoms with Crippen molar-refractivity contribution in [2.24, 2.45) is 5.73 Å².